The van der Waals surface area contributed by atoms with Crippen molar-refractivity contribution in [2.75, 3.05) is 0 Å². The molecule has 1 N–H and O–H groups in total. The molecule has 1 aromatic carbocycles. The fraction of sp³-hybridized carbons (Fsp3) is 0.250. The van der Waals surface area contributed by atoms with Crippen molar-refractivity contribution in [3.63, 3.8) is 0 Å². The van der Waals surface area contributed by atoms with Crippen LogP contribution in [0.4, 0.5) is 0 Å². The van der Waals surface area contributed by atoms with E-state index in [4.69, 9.17) is 0 Å². The Morgan fingerprint density at radius 3 is 2.58 bits per heavy atom. The molecular weight excluding hydrogens is 236 g/mol. The topological polar surface area (TPSA) is 42.0 Å². The summed E-state index contributed by atoms with van der Waals surface area (Å²) in [5, 5.41) is 2.97. The lowest BCUT2D eigenvalue weighted by Crippen LogP contribution is -2.26. The fourth-order valence-corrected chi connectivity index (χ4v) is 1.90. The molecule has 1 aromatic heterocycles. The smallest absolute Gasteiger partial charge is 0.253 e. The standard InChI is InChI=1S/C16H18N2O/c1-3-13-6-8-14(9-7-13)12(2)18-16(19)15-5-4-10-17-11-15/h4-12H,3H2,1-2H3,(H,18,19). The van der Waals surface area contributed by atoms with Gasteiger partial charge in [-0.25, -0.2) is 0 Å². The maximum Gasteiger partial charge on any atom is 0.253 e. The third kappa shape index (κ3) is 3.41. The number of aromatic nitrogens is 1. The van der Waals surface area contributed by atoms with Crippen molar-refractivity contribution in [1.29, 1.82) is 0 Å². The highest BCUT2D eigenvalue weighted by atomic mass is 16.1. The summed E-state index contributed by atoms with van der Waals surface area (Å²) in [4.78, 5) is 15.9. The number of carbonyl (C=O) groups is 1. The van der Waals surface area contributed by atoms with E-state index < -0.39 is 0 Å². The number of carbonyl (C=O) groups excluding carboxylic acids is 1. The summed E-state index contributed by atoms with van der Waals surface area (Å²) in [5.41, 5.74) is 2.99. The fourth-order valence-electron chi connectivity index (χ4n) is 1.90. The first-order chi connectivity index (χ1) is 9.20. The van der Waals surface area contributed by atoms with E-state index >= 15 is 0 Å². The average molecular weight is 254 g/mol. The lowest BCUT2D eigenvalue weighted by Gasteiger charge is -2.14. The number of aryl methyl sites for hydroxylation is 1. The van der Waals surface area contributed by atoms with E-state index in [1.54, 1.807) is 24.5 Å². The number of nitrogens with zero attached hydrogens (tertiary/aromatic N) is 1. The molecule has 98 valence electrons. The summed E-state index contributed by atoms with van der Waals surface area (Å²) in [7, 11) is 0. The summed E-state index contributed by atoms with van der Waals surface area (Å²) in [6.45, 7) is 4.11. The van der Waals surface area contributed by atoms with Gasteiger partial charge in [0.2, 0.25) is 0 Å². The molecule has 19 heavy (non-hydrogen) atoms. The molecule has 0 bridgehead atoms. The molecule has 0 saturated carbocycles. The minimum Gasteiger partial charge on any atom is -0.345 e. The van der Waals surface area contributed by atoms with Gasteiger partial charge in [0.05, 0.1) is 11.6 Å². The zero-order chi connectivity index (χ0) is 13.7. The molecule has 0 saturated heterocycles. The third-order valence-electron chi connectivity index (χ3n) is 3.16. The van der Waals surface area contributed by atoms with Crippen LogP contribution in [0.5, 0.6) is 0 Å². The molecule has 2 aromatic rings. The summed E-state index contributed by atoms with van der Waals surface area (Å²) >= 11 is 0. The van der Waals surface area contributed by atoms with Gasteiger partial charge in [-0.05, 0) is 36.6 Å². The number of hydrogen-bond donors (Lipinski definition) is 1. The summed E-state index contributed by atoms with van der Waals surface area (Å²) in [5.74, 6) is -0.0971. The molecule has 0 aliphatic rings. The molecule has 0 radical (unpaired) electrons. The van der Waals surface area contributed by atoms with E-state index in [1.165, 1.54) is 5.56 Å². The monoisotopic (exact) mass is 254 g/mol. The first-order valence-electron chi connectivity index (χ1n) is 6.50. The van der Waals surface area contributed by atoms with Gasteiger partial charge in [0.25, 0.3) is 5.91 Å². The predicted molar refractivity (Wildman–Crippen MR) is 75.9 cm³/mol. The molecule has 1 amide bonds. The highest BCUT2D eigenvalue weighted by Crippen LogP contribution is 2.14. The number of benzene rings is 1. The third-order valence-corrected chi connectivity index (χ3v) is 3.16. The van der Waals surface area contributed by atoms with Gasteiger partial charge in [0.15, 0.2) is 0 Å². The molecule has 0 fully saturated rings. The van der Waals surface area contributed by atoms with Crippen molar-refractivity contribution in [1.82, 2.24) is 10.3 Å². The van der Waals surface area contributed by atoms with Gasteiger partial charge < -0.3 is 5.32 Å². The molecule has 3 heteroatoms. The van der Waals surface area contributed by atoms with Crippen LogP contribution in [-0.4, -0.2) is 10.9 Å². The van der Waals surface area contributed by atoms with E-state index in [0.29, 0.717) is 5.56 Å². The van der Waals surface area contributed by atoms with Crippen LogP contribution in [0, 0.1) is 0 Å². The second kappa shape index (κ2) is 6.14. The molecule has 1 atom stereocenters. The molecule has 0 spiro atoms. The van der Waals surface area contributed by atoms with Crippen LogP contribution in [0.15, 0.2) is 48.8 Å². The first kappa shape index (κ1) is 13.3. The van der Waals surface area contributed by atoms with Crippen LogP contribution in [0.1, 0.15) is 41.4 Å². The quantitative estimate of drug-likeness (QED) is 0.910. The Balaban J connectivity index is 2.04. The minimum absolute atomic E-state index is 0.0152. The first-order valence-corrected chi connectivity index (χ1v) is 6.50. The number of rotatable bonds is 4. The Kier molecular flexibility index (Phi) is 4.29. The van der Waals surface area contributed by atoms with Crippen LogP contribution in [0.2, 0.25) is 0 Å². The maximum absolute atomic E-state index is 12.0. The summed E-state index contributed by atoms with van der Waals surface area (Å²) in [6, 6.07) is 11.8. The Labute approximate surface area is 113 Å². The van der Waals surface area contributed by atoms with Crippen LogP contribution in [0.3, 0.4) is 0 Å². The van der Waals surface area contributed by atoms with Gasteiger partial charge >= 0.3 is 0 Å². The molecule has 3 nitrogen and oxygen atoms in total. The van der Waals surface area contributed by atoms with Crippen molar-refractivity contribution in [2.45, 2.75) is 26.3 Å². The van der Waals surface area contributed by atoms with Crippen molar-refractivity contribution in [2.24, 2.45) is 0 Å². The lowest BCUT2D eigenvalue weighted by molar-refractivity contribution is 0.0939. The van der Waals surface area contributed by atoms with Crippen LogP contribution in [-0.2, 0) is 6.42 Å². The van der Waals surface area contributed by atoms with Gasteiger partial charge in [-0.15, -0.1) is 0 Å². The predicted octanol–water partition coefficient (Wildman–Crippen LogP) is 3.14. The number of pyridine rings is 1. The largest absolute Gasteiger partial charge is 0.345 e. The van der Waals surface area contributed by atoms with Crippen molar-refractivity contribution >= 4 is 5.91 Å². The van der Waals surface area contributed by atoms with E-state index in [-0.39, 0.29) is 11.9 Å². The van der Waals surface area contributed by atoms with Crippen LogP contribution < -0.4 is 5.32 Å². The van der Waals surface area contributed by atoms with E-state index in [0.717, 1.165) is 12.0 Å². The minimum atomic E-state index is -0.0971. The highest BCUT2D eigenvalue weighted by Gasteiger charge is 2.11. The Morgan fingerprint density at radius 1 is 1.26 bits per heavy atom. The van der Waals surface area contributed by atoms with Gasteiger partial charge in [0, 0.05) is 12.4 Å². The van der Waals surface area contributed by atoms with Gasteiger partial charge in [0.1, 0.15) is 0 Å². The second-order valence-electron chi connectivity index (χ2n) is 4.53. The molecule has 2 rings (SSSR count). The van der Waals surface area contributed by atoms with Crippen molar-refractivity contribution < 1.29 is 4.79 Å². The SMILES string of the molecule is CCc1ccc(C(C)NC(=O)c2cccnc2)cc1. The van der Waals surface area contributed by atoms with Gasteiger partial charge in [-0.2, -0.15) is 0 Å². The van der Waals surface area contributed by atoms with Crippen LogP contribution >= 0.6 is 0 Å². The molecule has 1 heterocycles. The van der Waals surface area contributed by atoms with Crippen molar-refractivity contribution in [3.05, 3.63) is 65.5 Å². The normalized spacial score (nSPS) is 11.9. The molecular formula is C16H18N2O. The summed E-state index contributed by atoms with van der Waals surface area (Å²) < 4.78 is 0. The Bertz CT molecular complexity index is 534. The second-order valence-corrected chi connectivity index (χ2v) is 4.53. The Hall–Kier alpha value is -2.16. The zero-order valence-corrected chi connectivity index (χ0v) is 11.3. The molecule has 0 aliphatic carbocycles. The van der Waals surface area contributed by atoms with E-state index in [1.807, 2.05) is 6.92 Å². The van der Waals surface area contributed by atoms with E-state index in [9.17, 15) is 4.79 Å². The molecule has 1 unspecified atom stereocenters. The number of amides is 1. The maximum atomic E-state index is 12.0. The number of nitrogens with one attached hydrogen (secondary N) is 1. The zero-order valence-electron chi connectivity index (χ0n) is 11.3. The molecule has 0 aliphatic heterocycles. The van der Waals surface area contributed by atoms with Gasteiger partial charge in [-0.1, -0.05) is 31.2 Å². The van der Waals surface area contributed by atoms with E-state index in [2.05, 4.69) is 41.5 Å². The summed E-state index contributed by atoms with van der Waals surface area (Å²) in [6.07, 6.45) is 4.25. The van der Waals surface area contributed by atoms with Gasteiger partial charge in [-0.3, -0.25) is 9.78 Å². The average Bonchev–Trinajstić information content (AvgIpc) is 2.48. The van der Waals surface area contributed by atoms with Crippen molar-refractivity contribution in [3.8, 4) is 0 Å². The highest BCUT2D eigenvalue weighted by molar-refractivity contribution is 5.94. The lowest BCUT2D eigenvalue weighted by atomic mass is 10.0. The van der Waals surface area contributed by atoms with Crippen LogP contribution in [0.25, 0.3) is 0 Å². The Morgan fingerprint density at radius 2 is 2.00 bits per heavy atom. The number of hydrogen-bond acceptors (Lipinski definition) is 2.